The van der Waals surface area contributed by atoms with Gasteiger partial charge < -0.3 is 15.2 Å². The molecule has 3 atom stereocenters. The van der Waals surface area contributed by atoms with Crippen LogP contribution in [0.4, 0.5) is 0 Å². The van der Waals surface area contributed by atoms with Crippen LogP contribution in [0.25, 0.3) is 0 Å². The molecule has 3 rings (SSSR count). The molecular formula is C20H29ClN2O3. The van der Waals surface area contributed by atoms with Crippen LogP contribution in [-0.4, -0.2) is 54.9 Å². The highest BCUT2D eigenvalue weighted by atomic mass is 35.5. The number of ether oxygens (including phenoxy) is 1. The average molecular weight is 381 g/mol. The van der Waals surface area contributed by atoms with Gasteiger partial charge >= 0.3 is 0 Å². The molecule has 1 aromatic carbocycles. The smallest absolute Gasteiger partial charge is 0.220 e. The minimum Gasteiger partial charge on any atom is -0.393 e. The number of benzene rings is 1. The van der Waals surface area contributed by atoms with Crippen LogP contribution < -0.4 is 5.32 Å². The molecule has 0 spiro atoms. The number of carbonyl (C=O) groups excluding carboxylic acids is 1. The maximum absolute atomic E-state index is 12.5. The van der Waals surface area contributed by atoms with Crippen LogP contribution in [-0.2, 0) is 9.53 Å². The van der Waals surface area contributed by atoms with Crippen LogP contribution in [0, 0.1) is 5.92 Å². The molecule has 0 bridgehead atoms. The second-order valence-corrected chi connectivity index (χ2v) is 7.78. The molecule has 2 aliphatic rings. The van der Waals surface area contributed by atoms with Crippen molar-refractivity contribution in [1.82, 2.24) is 10.2 Å². The maximum Gasteiger partial charge on any atom is 0.220 e. The van der Waals surface area contributed by atoms with Crippen LogP contribution in [0.15, 0.2) is 24.3 Å². The molecule has 1 saturated heterocycles. The summed E-state index contributed by atoms with van der Waals surface area (Å²) in [5.41, 5.74) is 1.11. The molecule has 1 amide bonds. The molecule has 1 heterocycles. The van der Waals surface area contributed by atoms with E-state index in [1.54, 1.807) is 0 Å². The van der Waals surface area contributed by atoms with Crippen LogP contribution in [0.3, 0.4) is 0 Å². The molecule has 1 saturated carbocycles. The molecule has 2 fully saturated rings. The van der Waals surface area contributed by atoms with Crippen molar-refractivity contribution in [3.63, 3.8) is 0 Å². The van der Waals surface area contributed by atoms with E-state index >= 15 is 0 Å². The van der Waals surface area contributed by atoms with E-state index in [1.165, 1.54) is 0 Å². The monoisotopic (exact) mass is 380 g/mol. The van der Waals surface area contributed by atoms with Gasteiger partial charge in [0.25, 0.3) is 0 Å². The first-order valence-corrected chi connectivity index (χ1v) is 10.0. The van der Waals surface area contributed by atoms with E-state index in [0.717, 1.165) is 44.3 Å². The molecule has 1 aromatic rings. The highest BCUT2D eigenvalue weighted by Gasteiger charge is 2.27. The van der Waals surface area contributed by atoms with Gasteiger partial charge in [0, 0.05) is 31.1 Å². The number of morpholine rings is 1. The van der Waals surface area contributed by atoms with Gasteiger partial charge in [-0.2, -0.15) is 0 Å². The Morgan fingerprint density at radius 1 is 1.31 bits per heavy atom. The fraction of sp³-hybridized carbons (Fsp3) is 0.650. The zero-order chi connectivity index (χ0) is 18.4. The van der Waals surface area contributed by atoms with Crippen LogP contribution in [0.1, 0.15) is 43.7 Å². The van der Waals surface area contributed by atoms with E-state index < -0.39 is 0 Å². The molecule has 1 aliphatic heterocycles. The molecule has 144 valence electrons. The Labute approximate surface area is 160 Å². The number of hydrogen-bond donors (Lipinski definition) is 2. The Hall–Kier alpha value is -1.14. The highest BCUT2D eigenvalue weighted by molar-refractivity contribution is 6.30. The number of aliphatic hydroxyl groups excluding tert-OH is 1. The second kappa shape index (κ2) is 9.70. The number of amides is 1. The van der Waals surface area contributed by atoms with E-state index in [9.17, 15) is 9.90 Å². The van der Waals surface area contributed by atoms with Crippen molar-refractivity contribution in [3.8, 4) is 0 Å². The third-order valence-corrected chi connectivity index (χ3v) is 5.76. The number of aliphatic hydroxyl groups is 1. The number of nitrogens with one attached hydrogen (secondary N) is 1. The van der Waals surface area contributed by atoms with Crippen molar-refractivity contribution in [2.75, 3.05) is 32.8 Å². The van der Waals surface area contributed by atoms with E-state index in [4.69, 9.17) is 16.3 Å². The van der Waals surface area contributed by atoms with Crippen molar-refractivity contribution in [1.29, 1.82) is 0 Å². The van der Waals surface area contributed by atoms with Crippen LogP contribution in [0.5, 0.6) is 0 Å². The van der Waals surface area contributed by atoms with E-state index in [2.05, 4.69) is 16.3 Å². The molecular weight excluding hydrogens is 352 g/mol. The second-order valence-electron chi connectivity index (χ2n) is 7.34. The average Bonchev–Trinajstić information content (AvgIpc) is 2.65. The van der Waals surface area contributed by atoms with Crippen molar-refractivity contribution >= 4 is 17.5 Å². The van der Waals surface area contributed by atoms with E-state index in [0.29, 0.717) is 31.2 Å². The first kappa shape index (κ1) is 19.6. The molecule has 26 heavy (non-hydrogen) atoms. The van der Waals surface area contributed by atoms with Gasteiger partial charge in [-0.15, -0.1) is 0 Å². The molecule has 1 aliphatic carbocycles. The molecule has 6 heteroatoms. The standard InChI is InChI=1S/C20H29ClN2O3/c21-17-6-3-5-15(12-17)18(23-8-10-26-11-9-23)14-22-20(25)13-16-4-1-2-7-19(16)24/h3,5-6,12,16,18-19,24H,1-2,4,7-11,13-14H2,(H,22,25)/t16-,18?,19+/m1/s1. The number of nitrogens with zero attached hydrogens (tertiary/aromatic N) is 1. The largest absolute Gasteiger partial charge is 0.393 e. The van der Waals surface area contributed by atoms with Gasteiger partial charge in [-0.1, -0.05) is 36.6 Å². The summed E-state index contributed by atoms with van der Waals surface area (Å²) in [4.78, 5) is 14.8. The van der Waals surface area contributed by atoms with Gasteiger partial charge in [0.05, 0.1) is 25.4 Å². The lowest BCUT2D eigenvalue weighted by molar-refractivity contribution is -0.123. The molecule has 0 radical (unpaired) electrons. The topological polar surface area (TPSA) is 61.8 Å². The predicted octanol–water partition coefficient (Wildman–Crippen LogP) is 2.77. The van der Waals surface area contributed by atoms with Gasteiger partial charge in [-0.25, -0.2) is 0 Å². The summed E-state index contributed by atoms with van der Waals surface area (Å²) in [5, 5.41) is 13.9. The van der Waals surface area contributed by atoms with Gasteiger partial charge in [0.1, 0.15) is 0 Å². The van der Waals surface area contributed by atoms with Gasteiger partial charge in [0.2, 0.25) is 5.91 Å². The summed E-state index contributed by atoms with van der Waals surface area (Å²) in [6.07, 6.45) is 4.00. The third-order valence-electron chi connectivity index (χ3n) is 5.53. The summed E-state index contributed by atoms with van der Waals surface area (Å²) in [5.74, 6) is 0.119. The number of rotatable bonds is 6. The SMILES string of the molecule is O=C(C[C@H]1CCCC[C@@H]1O)NCC(c1cccc(Cl)c1)N1CCOCC1. The Morgan fingerprint density at radius 3 is 2.81 bits per heavy atom. The summed E-state index contributed by atoms with van der Waals surface area (Å²) in [6.45, 7) is 3.64. The first-order chi connectivity index (χ1) is 12.6. The van der Waals surface area contributed by atoms with Gasteiger partial charge in [0.15, 0.2) is 0 Å². The zero-order valence-corrected chi connectivity index (χ0v) is 16.0. The fourth-order valence-electron chi connectivity index (χ4n) is 4.01. The summed E-state index contributed by atoms with van der Waals surface area (Å²) in [7, 11) is 0. The minimum atomic E-state index is -0.336. The Morgan fingerprint density at radius 2 is 2.08 bits per heavy atom. The highest BCUT2D eigenvalue weighted by Crippen LogP contribution is 2.27. The predicted molar refractivity (Wildman–Crippen MR) is 102 cm³/mol. The molecule has 1 unspecified atom stereocenters. The van der Waals surface area contributed by atoms with Crippen molar-refractivity contribution in [2.45, 2.75) is 44.2 Å². The summed E-state index contributed by atoms with van der Waals surface area (Å²) < 4.78 is 5.46. The first-order valence-electron chi connectivity index (χ1n) is 9.65. The Kier molecular flexibility index (Phi) is 7.32. The fourth-order valence-corrected chi connectivity index (χ4v) is 4.21. The maximum atomic E-state index is 12.5. The summed E-state index contributed by atoms with van der Waals surface area (Å²) >= 11 is 6.18. The lowest BCUT2D eigenvalue weighted by Gasteiger charge is -2.35. The number of hydrogen-bond acceptors (Lipinski definition) is 4. The molecule has 2 N–H and O–H groups in total. The Bertz CT molecular complexity index is 592. The molecule has 5 nitrogen and oxygen atoms in total. The van der Waals surface area contributed by atoms with E-state index in [-0.39, 0.29) is 24.0 Å². The summed E-state index contributed by atoms with van der Waals surface area (Å²) in [6, 6.07) is 7.93. The van der Waals surface area contributed by atoms with Crippen LogP contribution >= 0.6 is 11.6 Å². The normalized spacial score (nSPS) is 25.6. The number of halogens is 1. The third kappa shape index (κ3) is 5.43. The van der Waals surface area contributed by atoms with Gasteiger partial charge in [-0.05, 0) is 36.5 Å². The Balaban J connectivity index is 1.60. The van der Waals surface area contributed by atoms with Crippen LogP contribution in [0.2, 0.25) is 5.02 Å². The van der Waals surface area contributed by atoms with Crippen molar-refractivity contribution in [2.24, 2.45) is 5.92 Å². The van der Waals surface area contributed by atoms with E-state index in [1.807, 2.05) is 18.2 Å². The zero-order valence-electron chi connectivity index (χ0n) is 15.2. The van der Waals surface area contributed by atoms with Gasteiger partial charge in [-0.3, -0.25) is 9.69 Å². The minimum absolute atomic E-state index is 0.0243. The van der Waals surface area contributed by atoms with Crippen molar-refractivity contribution < 1.29 is 14.6 Å². The lowest BCUT2D eigenvalue weighted by Crippen LogP contribution is -2.44. The quantitative estimate of drug-likeness (QED) is 0.796. The van der Waals surface area contributed by atoms with Crippen molar-refractivity contribution in [3.05, 3.63) is 34.9 Å². The lowest BCUT2D eigenvalue weighted by atomic mass is 9.84. The molecule has 0 aromatic heterocycles. The number of carbonyl (C=O) groups is 1.